The zero-order valence-corrected chi connectivity index (χ0v) is 15.1. The van der Waals surface area contributed by atoms with Gasteiger partial charge < -0.3 is 14.2 Å². The smallest absolute Gasteiger partial charge is 0.327 e. The van der Waals surface area contributed by atoms with Crippen LogP contribution in [0, 0.1) is 11.3 Å². The standard InChI is InChI=1S/C20H24O5/c1-13(2)17-12-20(18(21)24-4,19(22)25-5)11-15(17)9-14-7-6-8-16(10-14)23-3/h6-8,10,12,15H,1,9,11H2,2-5H3. The predicted molar refractivity (Wildman–Crippen MR) is 94.2 cm³/mol. The van der Waals surface area contributed by atoms with Crippen molar-refractivity contribution < 1.29 is 23.8 Å². The van der Waals surface area contributed by atoms with Gasteiger partial charge in [0, 0.05) is 0 Å². The largest absolute Gasteiger partial charge is 0.497 e. The van der Waals surface area contributed by atoms with Crippen LogP contribution in [0.1, 0.15) is 18.9 Å². The van der Waals surface area contributed by atoms with Gasteiger partial charge in [0.15, 0.2) is 5.41 Å². The number of hydrogen-bond donors (Lipinski definition) is 0. The van der Waals surface area contributed by atoms with Gasteiger partial charge in [0.25, 0.3) is 0 Å². The number of esters is 2. The number of carbonyl (C=O) groups excluding carboxylic acids is 2. The van der Waals surface area contributed by atoms with Crippen molar-refractivity contribution >= 4 is 11.9 Å². The van der Waals surface area contributed by atoms with E-state index in [4.69, 9.17) is 14.2 Å². The topological polar surface area (TPSA) is 61.8 Å². The van der Waals surface area contributed by atoms with Crippen LogP contribution in [0.2, 0.25) is 0 Å². The van der Waals surface area contributed by atoms with Gasteiger partial charge in [0.1, 0.15) is 5.75 Å². The van der Waals surface area contributed by atoms with Crippen molar-refractivity contribution in [2.45, 2.75) is 19.8 Å². The Hall–Kier alpha value is -2.56. The minimum atomic E-state index is -1.42. The van der Waals surface area contributed by atoms with Crippen LogP contribution < -0.4 is 4.74 Å². The van der Waals surface area contributed by atoms with Crippen molar-refractivity contribution in [1.82, 2.24) is 0 Å². The van der Waals surface area contributed by atoms with Crippen molar-refractivity contribution in [3.63, 3.8) is 0 Å². The summed E-state index contributed by atoms with van der Waals surface area (Å²) in [6.45, 7) is 5.87. The fourth-order valence-corrected chi connectivity index (χ4v) is 3.41. The van der Waals surface area contributed by atoms with E-state index in [9.17, 15) is 9.59 Å². The minimum absolute atomic E-state index is 0.0391. The maximum Gasteiger partial charge on any atom is 0.327 e. The van der Waals surface area contributed by atoms with Gasteiger partial charge in [-0.05, 0) is 49.0 Å². The molecule has 1 atom stereocenters. The van der Waals surface area contributed by atoms with E-state index >= 15 is 0 Å². The van der Waals surface area contributed by atoms with Crippen molar-refractivity contribution in [3.05, 3.63) is 53.6 Å². The Kier molecular flexibility index (Phi) is 5.67. The second-order valence-electron chi connectivity index (χ2n) is 6.29. The van der Waals surface area contributed by atoms with Gasteiger partial charge >= 0.3 is 11.9 Å². The Bertz CT molecular complexity index is 701. The molecule has 0 saturated carbocycles. The summed E-state index contributed by atoms with van der Waals surface area (Å²) in [5.41, 5.74) is 1.35. The highest BCUT2D eigenvalue weighted by Gasteiger charge is 2.52. The van der Waals surface area contributed by atoms with E-state index in [2.05, 4.69) is 6.58 Å². The molecule has 1 aliphatic carbocycles. The van der Waals surface area contributed by atoms with Crippen molar-refractivity contribution in [2.24, 2.45) is 11.3 Å². The van der Waals surface area contributed by atoms with Gasteiger partial charge in [-0.1, -0.05) is 30.4 Å². The molecule has 5 nitrogen and oxygen atoms in total. The summed E-state index contributed by atoms with van der Waals surface area (Å²) < 4.78 is 15.0. The molecule has 0 fully saturated rings. The minimum Gasteiger partial charge on any atom is -0.497 e. The lowest BCUT2D eigenvalue weighted by Gasteiger charge is -2.23. The van der Waals surface area contributed by atoms with Crippen LogP contribution in [0.4, 0.5) is 0 Å². The fourth-order valence-electron chi connectivity index (χ4n) is 3.41. The summed E-state index contributed by atoms with van der Waals surface area (Å²) in [6.07, 6.45) is 2.62. The Labute approximate surface area is 148 Å². The van der Waals surface area contributed by atoms with Gasteiger partial charge in [0.2, 0.25) is 0 Å². The van der Waals surface area contributed by atoms with Crippen LogP contribution in [0.15, 0.2) is 48.1 Å². The van der Waals surface area contributed by atoms with Crippen LogP contribution in [-0.4, -0.2) is 33.3 Å². The lowest BCUT2D eigenvalue weighted by molar-refractivity contribution is -0.165. The molecule has 25 heavy (non-hydrogen) atoms. The molecular formula is C20H24O5. The van der Waals surface area contributed by atoms with Crippen molar-refractivity contribution in [2.75, 3.05) is 21.3 Å². The molecule has 0 spiro atoms. The first kappa shape index (κ1) is 18.8. The molecule has 0 N–H and O–H groups in total. The first-order valence-corrected chi connectivity index (χ1v) is 8.06. The molecule has 0 aromatic heterocycles. The molecule has 5 heteroatoms. The molecule has 1 unspecified atom stereocenters. The molecule has 1 aliphatic rings. The molecule has 0 aliphatic heterocycles. The molecule has 1 aromatic rings. The third-order valence-corrected chi connectivity index (χ3v) is 4.62. The number of methoxy groups -OCH3 is 3. The molecule has 0 saturated heterocycles. The van der Waals surface area contributed by atoms with Gasteiger partial charge in [-0.15, -0.1) is 0 Å². The Balaban J connectivity index is 2.39. The van der Waals surface area contributed by atoms with E-state index in [0.717, 1.165) is 22.5 Å². The third-order valence-electron chi connectivity index (χ3n) is 4.62. The van der Waals surface area contributed by atoms with Crippen LogP contribution in [0.5, 0.6) is 5.75 Å². The lowest BCUT2D eigenvalue weighted by Crippen LogP contribution is -2.38. The molecule has 0 heterocycles. The summed E-state index contributed by atoms with van der Waals surface area (Å²) in [5, 5.41) is 0. The highest BCUT2D eigenvalue weighted by Crippen LogP contribution is 2.45. The summed E-state index contributed by atoms with van der Waals surface area (Å²) >= 11 is 0. The molecule has 0 radical (unpaired) electrons. The molecule has 1 aromatic carbocycles. The number of allylic oxidation sites excluding steroid dienone is 2. The predicted octanol–water partition coefficient (Wildman–Crippen LogP) is 3.09. The van der Waals surface area contributed by atoms with Gasteiger partial charge in [-0.25, -0.2) is 0 Å². The SMILES string of the molecule is C=C(C)C1=CC(C(=O)OC)(C(=O)OC)CC1Cc1cccc(OC)c1. The van der Waals surface area contributed by atoms with E-state index in [1.54, 1.807) is 13.2 Å². The first-order chi connectivity index (χ1) is 11.9. The van der Waals surface area contributed by atoms with Gasteiger partial charge in [-0.2, -0.15) is 0 Å². The van der Waals surface area contributed by atoms with Crippen LogP contribution in [0.3, 0.4) is 0 Å². The fraction of sp³-hybridized carbons (Fsp3) is 0.400. The molecule has 134 valence electrons. The second kappa shape index (κ2) is 7.55. The molecule has 0 bridgehead atoms. The van der Waals surface area contributed by atoms with E-state index in [0.29, 0.717) is 12.8 Å². The van der Waals surface area contributed by atoms with Crippen LogP contribution in [-0.2, 0) is 25.5 Å². The number of benzene rings is 1. The summed E-state index contributed by atoms with van der Waals surface area (Å²) in [7, 11) is 4.17. The van der Waals surface area contributed by atoms with Crippen LogP contribution >= 0.6 is 0 Å². The summed E-state index contributed by atoms with van der Waals surface area (Å²) in [5.74, 6) is -0.483. The number of carbonyl (C=O) groups is 2. The zero-order chi connectivity index (χ0) is 18.6. The van der Waals surface area contributed by atoms with E-state index in [1.807, 2.05) is 31.2 Å². The normalized spacial score (nSPS) is 18.2. The van der Waals surface area contributed by atoms with E-state index in [-0.39, 0.29) is 5.92 Å². The molecule has 2 rings (SSSR count). The van der Waals surface area contributed by atoms with E-state index < -0.39 is 17.4 Å². The third kappa shape index (κ3) is 3.60. The number of hydrogen-bond acceptors (Lipinski definition) is 5. The highest BCUT2D eigenvalue weighted by atomic mass is 16.5. The van der Waals surface area contributed by atoms with Crippen molar-refractivity contribution in [1.29, 1.82) is 0 Å². The van der Waals surface area contributed by atoms with Crippen molar-refractivity contribution in [3.8, 4) is 5.75 Å². The van der Waals surface area contributed by atoms with Gasteiger partial charge in [-0.3, -0.25) is 9.59 Å². The average molecular weight is 344 g/mol. The number of ether oxygens (including phenoxy) is 3. The number of rotatable bonds is 6. The first-order valence-electron chi connectivity index (χ1n) is 8.06. The quantitative estimate of drug-likeness (QED) is 0.586. The zero-order valence-electron chi connectivity index (χ0n) is 15.1. The highest BCUT2D eigenvalue weighted by molar-refractivity contribution is 6.03. The molecule has 0 amide bonds. The average Bonchev–Trinajstić information content (AvgIpc) is 3.01. The molecular weight excluding hydrogens is 320 g/mol. The maximum atomic E-state index is 12.4. The van der Waals surface area contributed by atoms with Gasteiger partial charge in [0.05, 0.1) is 21.3 Å². The monoisotopic (exact) mass is 344 g/mol. The Morgan fingerprint density at radius 1 is 1.20 bits per heavy atom. The Morgan fingerprint density at radius 2 is 1.84 bits per heavy atom. The maximum absolute atomic E-state index is 12.4. The summed E-state index contributed by atoms with van der Waals surface area (Å²) in [6, 6.07) is 7.74. The summed E-state index contributed by atoms with van der Waals surface area (Å²) in [4.78, 5) is 24.8. The van der Waals surface area contributed by atoms with E-state index in [1.165, 1.54) is 14.2 Å². The lowest BCUT2D eigenvalue weighted by atomic mass is 9.83. The Morgan fingerprint density at radius 3 is 2.36 bits per heavy atom. The van der Waals surface area contributed by atoms with Crippen LogP contribution in [0.25, 0.3) is 0 Å². The second-order valence-corrected chi connectivity index (χ2v) is 6.29.